The fourth-order valence-electron chi connectivity index (χ4n) is 1.52. The summed E-state index contributed by atoms with van der Waals surface area (Å²) in [5.74, 6) is -0.191. The van der Waals surface area contributed by atoms with Gasteiger partial charge in [-0.05, 0) is 12.8 Å². The normalized spacial score (nSPS) is 20.3. The summed E-state index contributed by atoms with van der Waals surface area (Å²) in [7, 11) is -1.38. The van der Waals surface area contributed by atoms with Gasteiger partial charge >= 0.3 is 0 Å². The van der Waals surface area contributed by atoms with Gasteiger partial charge in [-0.15, -0.1) is 0 Å². The number of aliphatic hydroxyl groups excluding tert-OH is 2. The van der Waals surface area contributed by atoms with Crippen LogP contribution in [-0.4, -0.2) is 62.5 Å². The largest absolute Gasteiger partial charge is 0.394 e. The van der Waals surface area contributed by atoms with Crippen molar-refractivity contribution in [3.63, 3.8) is 0 Å². The van der Waals surface area contributed by atoms with Gasteiger partial charge in [-0.2, -0.15) is 0 Å². The number of amides is 1. The van der Waals surface area contributed by atoms with E-state index in [1.54, 1.807) is 4.90 Å². The van der Waals surface area contributed by atoms with E-state index >= 15 is 0 Å². The Kier molecular flexibility index (Phi) is 5.21. The van der Waals surface area contributed by atoms with E-state index in [1.165, 1.54) is 0 Å². The van der Waals surface area contributed by atoms with E-state index in [1.807, 2.05) is 0 Å². The molecule has 1 aliphatic heterocycles. The number of carbonyl (C=O) groups is 1. The van der Waals surface area contributed by atoms with Crippen molar-refractivity contribution >= 4 is 16.7 Å². The molecule has 0 saturated carbocycles. The number of nitrogens with zero attached hydrogens (tertiary/aromatic N) is 1. The highest BCUT2D eigenvalue weighted by atomic mass is 32.2. The number of hydrogen-bond acceptors (Lipinski definition) is 4. The molecule has 0 aromatic heterocycles. The second-order valence-electron chi connectivity index (χ2n) is 3.68. The molecule has 1 rings (SSSR count). The third kappa shape index (κ3) is 4.27. The highest BCUT2D eigenvalue weighted by Crippen LogP contribution is 2.07. The van der Waals surface area contributed by atoms with Gasteiger partial charge in [0.05, 0.1) is 18.5 Å². The Labute approximate surface area is 91.5 Å². The minimum atomic E-state index is -1.38. The van der Waals surface area contributed by atoms with Gasteiger partial charge in [0.1, 0.15) is 5.75 Å². The minimum Gasteiger partial charge on any atom is -0.394 e. The summed E-state index contributed by atoms with van der Waals surface area (Å²) in [6, 6.07) is 0. The van der Waals surface area contributed by atoms with Crippen LogP contribution in [0.1, 0.15) is 12.8 Å². The van der Waals surface area contributed by atoms with Crippen molar-refractivity contribution in [1.82, 2.24) is 4.90 Å². The van der Waals surface area contributed by atoms with Crippen LogP contribution >= 0.6 is 0 Å². The smallest absolute Gasteiger partial charge is 0.235 e. The third-order valence-corrected chi connectivity index (χ3v) is 3.66. The number of carbonyl (C=O) groups excluding carboxylic acids is 1. The van der Waals surface area contributed by atoms with Crippen LogP contribution in [0.3, 0.4) is 0 Å². The second-order valence-corrected chi connectivity index (χ2v) is 5.18. The topological polar surface area (TPSA) is 77.8 Å². The van der Waals surface area contributed by atoms with Crippen LogP contribution in [0.4, 0.5) is 0 Å². The molecule has 0 radical (unpaired) electrons. The lowest BCUT2D eigenvalue weighted by atomic mass is 10.4. The molecule has 6 heteroatoms. The zero-order chi connectivity index (χ0) is 11.3. The summed E-state index contributed by atoms with van der Waals surface area (Å²) < 4.78 is 11.4. The van der Waals surface area contributed by atoms with E-state index in [0.29, 0.717) is 0 Å². The summed E-state index contributed by atoms with van der Waals surface area (Å²) in [5.41, 5.74) is 0. The molecule has 88 valence electrons. The first kappa shape index (κ1) is 12.6. The molecule has 1 amide bonds. The van der Waals surface area contributed by atoms with Crippen LogP contribution in [-0.2, 0) is 15.6 Å². The van der Waals surface area contributed by atoms with Crippen molar-refractivity contribution in [1.29, 1.82) is 0 Å². The van der Waals surface area contributed by atoms with Gasteiger partial charge in [0, 0.05) is 23.9 Å². The van der Waals surface area contributed by atoms with Crippen LogP contribution in [0.2, 0.25) is 0 Å². The Morgan fingerprint density at radius 1 is 1.40 bits per heavy atom. The molecule has 1 saturated heterocycles. The van der Waals surface area contributed by atoms with Gasteiger partial charge < -0.3 is 15.1 Å². The third-order valence-electron chi connectivity index (χ3n) is 2.33. The predicted octanol–water partition coefficient (Wildman–Crippen LogP) is -1.29. The summed E-state index contributed by atoms with van der Waals surface area (Å²) in [5, 5.41) is 17.6. The van der Waals surface area contributed by atoms with Crippen molar-refractivity contribution in [2.24, 2.45) is 0 Å². The van der Waals surface area contributed by atoms with Crippen molar-refractivity contribution in [2.45, 2.75) is 18.9 Å². The van der Waals surface area contributed by atoms with E-state index in [9.17, 15) is 9.00 Å². The van der Waals surface area contributed by atoms with E-state index < -0.39 is 23.5 Å². The average Bonchev–Trinajstić information content (AvgIpc) is 2.70. The first-order valence-electron chi connectivity index (χ1n) is 5.05. The molecular weight excluding hydrogens is 218 g/mol. The quantitative estimate of drug-likeness (QED) is 0.621. The zero-order valence-electron chi connectivity index (χ0n) is 8.59. The molecule has 0 spiro atoms. The standard InChI is InChI=1S/C9H17NO4S/c11-5-8(12)6-15(14)7-9(13)10-3-1-2-4-10/h8,11-12H,1-7H2. The van der Waals surface area contributed by atoms with Gasteiger partial charge in [-0.3, -0.25) is 9.00 Å². The molecule has 0 aromatic carbocycles. The number of rotatable bonds is 5. The Morgan fingerprint density at radius 2 is 2.00 bits per heavy atom. The summed E-state index contributed by atoms with van der Waals surface area (Å²) in [6.07, 6.45) is 1.03. The van der Waals surface area contributed by atoms with Crippen LogP contribution in [0.15, 0.2) is 0 Å². The van der Waals surface area contributed by atoms with E-state index in [4.69, 9.17) is 10.2 Å². The molecule has 15 heavy (non-hydrogen) atoms. The zero-order valence-corrected chi connectivity index (χ0v) is 9.41. The van der Waals surface area contributed by atoms with Gasteiger partial charge in [0.15, 0.2) is 0 Å². The van der Waals surface area contributed by atoms with E-state index in [2.05, 4.69) is 0 Å². The predicted molar refractivity (Wildman–Crippen MR) is 56.8 cm³/mol. The lowest BCUT2D eigenvalue weighted by Crippen LogP contribution is -2.34. The maximum atomic E-state index is 11.5. The highest BCUT2D eigenvalue weighted by Gasteiger charge is 2.20. The maximum Gasteiger partial charge on any atom is 0.235 e. The first-order chi connectivity index (χ1) is 7.13. The van der Waals surface area contributed by atoms with Gasteiger partial charge in [0.2, 0.25) is 5.91 Å². The van der Waals surface area contributed by atoms with Crippen LogP contribution in [0.5, 0.6) is 0 Å². The summed E-state index contributed by atoms with van der Waals surface area (Å²) in [6.45, 7) is 1.08. The Morgan fingerprint density at radius 3 is 2.53 bits per heavy atom. The molecule has 2 atom stereocenters. The molecule has 1 aliphatic rings. The maximum absolute atomic E-state index is 11.5. The van der Waals surface area contributed by atoms with Gasteiger partial charge in [0.25, 0.3) is 0 Å². The van der Waals surface area contributed by atoms with Crippen molar-refractivity contribution in [2.75, 3.05) is 31.2 Å². The van der Waals surface area contributed by atoms with Crippen LogP contribution in [0, 0.1) is 0 Å². The van der Waals surface area contributed by atoms with Crippen molar-refractivity contribution in [3.05, 3.63) is 0 Å². The lowest BCUT2D eigenvalue weighted by molar-refractivity contribution is -0.127. The van der Waals surface area contributed by atoms with Crippen molar-refractivity contribution < 1.29 is 19.2 Å². The molecule has 1 fully saturated rings. The Balaban J connectivity index is 2.27. The van der Waals surface area contributed by atoms with Crippen LogP contribution < -0.4 is 0 Å². The minimum absolute atomic E-state index is 0.0317. The number of hydrogen-bond donors (Lipinski definition) is 2. The molecule has 2 N–H and O–H groups in total. The monoisotopic (exact) mass is 235 g/mol. The molecule has 1 heterocycles. The molecule has 0 bridgehead atoms. The molecule has 0 aromatic rings. The summed E-state index contributed by atoms with van der Waals surface area (Å²) in [4.78, 5) is 13.2. The second kappa shape index (κ2) is 6.19. The fourth-order valence-corrected chi connectivity index (χ4v) is 2.63. The molecule has 0 aliphatic carbocycles. The van der Waals surface area contributed by atoms with E-state index in [0.717, 1.165) is 25.9 Å². The van der Waals surface area contributed by atoms with Gasteiger partial charge in [-0.25, -0.2) is 0 Å². The SMILES string of the molecule is O=C(CS(=O)CC(O)CO)N1CCCC1. The van der Waals surface area contributed by atoms with Crippen LogP contribution in [0.25, 0.3) is 0 Å². The van der Waals surface area contributed by atoms with E-state index in [-0.39, 0.29) is 17.4 Å². The molecule has 5 nitrogen and oxygen atoms in total. The number of aliphatic hydroxyl groups is 2. The lowest BCUT2D eigenvalue weighted by Gasteiger charge is -2.15. The molecular formula is C9H17NO4S. The highest BCUT2D eigenvalue weighted by molar-refractivity contribution is 7.85. The van der Waals surface area contributed by atoms with Crippen molar-refractivity contribution in [3.8, 4) is 0 Å². The average molecular weight is 235 g/mol. The summed E-state index contributed by atoms with van der Waals surface area (Å²) >= 11 is 0. The Bertz CT molecular complexity index is 240. The Hall–Kier alpha value is -0.460. The fraction of sp³-hybridized carbons (Fsp3) is 0.889. The molecule has 2 unspecified atom stereocenters. The first-order valence-corrected chi connectivity index (χ1v) is 6.54. The van der Waals surface area contributed by atoms with Gasteiger partial charge in [-0.1, -0.05) is 0 Å². The number of likely N-dealkylation sites (tertiary alicyclic amines) is 1.